The minimum Gasteiger partial charge on any atom is -0.457 e. The Balaban J connectivity index is 2.03. The van der Waals surface area contributed by atoms with E-state index < -0.39 is 5.97 Å². The van der Waals surface area contributed by atoms with E-state index in [4.69, 9.17) is 10.5 Å². The summed E-state index contributed by atoms with van der Waals surface area (Å²) in [5.41, 5.74) is 7.47. The van der Waals surface area contributed by atoms with Gasteiger partial charge in [-0.15, -0.1) is 0 Å². The number of ether oxygens (including phenoxy) is 1. The molecular weight excluding hydrogens is 374 g/mol. The molecule has 0 radical (unpaired) electrons. The minimum absolute atomic E-state index is 0.224. The third-order valence-electron chi connectivity index (χ3n) is 2.52. The fraction of sp³-hybridized carbons (Fsp3) is 0.0714. The van der Waals surface area contributed by atoms with Crippen molar-refractivity contribution >= 4 is 43.5 Å². The highest BCUT2D eigenvalue weighted by molar-refractivity contribution is 9.10. The normalized spacial score (nSPS) is 10.2. The number of hydrogen-bond donors (Lipinski definition) is 1. The van der Waals surface area contributed by atoms with Gasteiger partial charge in [0, 0.05) is 14.6 Å². The molecule has 0 spiro atoms. The molecule has 0 aliphatic heterocycles. The van der Waals surface area contributed by atoms with E-state index in [1.54, 1.807) is 18.2 Å². The molecular formula is C14H11Br2NO2. The third kappa shape index (κ3) is 3.81. The smallest absolute Gasteiger partial charge is 0.340 e. The maximum atomic E-state index is 11.9. The molecule has 0 atom stereocenters. The van der Waals surface area contributed by atoms with E-state index in [0.717, 1.165) is 14.5 Å². The molecule has 0 unspecified atom stereocenters. The second kappa shape index (κ2) is 6.21. The highest BCUT2D eigenvalue weighted by Crippen LogP contribution is 2.20. The van der Waals surface area contributed by atoms with Crippen LogP contribution in [0.3, 0.4) is 0 Å². The molecule has 0 aliphatic rings. The predicted molar refractivity (Wildman–Crippen MR) is 81.8 cm³/mol. The molecule has 2 aromatic rings. The van der Waals surface area contributed by atoms with Crippen LogP contribution in [0.1, 0.15) is 15.9 Å². The van der Waals surface area contributed by atoms with E-state index in [2.05, 4.69) is 31.9 Å². The Kier molecular flexibility index (Phi) is 4.61. The highest BCUT2D eigenvalue weighted by Gasteiger charge is 2.11. The first kappa shape index (κ1) is 14.1. The number of benzene rings is 2. The molecule has 0 heterocycles. The molecule has 3 nitrogen and oxygen atoms in total. The molecule has 0 fully saturated rings. The lowest BCUT2D eigenvalue weighted by Gasteiger charge is -2.07. The Morgan fingerprint density at radius 2 is 1.68 bits per heavy atom. The van der Waals surface area contributed by atoms with Crippen LogP contribution in [0.15, 0.2) is 51.4 Å². The summed E-state index contributed by atoms with van der Waals surface area (Å²) < 4.78 is 7.04. The Labute approximate surface area is 128 Å². The van der Waals surface area contributed by atoms with E-state index in [0.29, 0.717) is 11.3 Å². The first-order chi connectivity index (χ1) is 9.06. The summed E-state index contributed by atoms with van der Waals surface area (Å²) in [5, 5.41) is 0. The van der Waals surface area contributed by atoms with Crippen molar-refractivity contribution in [1.82, 2.24) is 0 Å². The summed E-state index contributed by atoms with van der Waals surface area (Å²) in [4.78, 5) is 11.9. The number of esters is 1. The molecule has 0 aromatic heterocycles. The standard InChI is InChI=1S/C14H11Br2NO2/c15-10-3-1-9(2-4-10)8-19-14(18)12-6-5-11(16)7-13(12)17/h1-7H,8,17H2. The molecule has 0 saturated heterocycles. The van der Waals surface area contributed by atoms with Crippen LogP contribution < -0.4 is 5.73 Å². The number of halogens is 2. The van der Waals surface area contributed by atoms with Crippen LogP contribution in [0.25, 0.3) is 0 Å². The molecule has 19 heavy (non-hydrogen) atoms. The Hall–Kier alpha value is -1.33. The van der Waals surface area contributed by atoms with Gasteiger partial charge in [-0.1, -0.05) is 44.0 Å². The maximum absolute atomic E-state index is 11.9. The maximum Gasteiger partial charge on any atom is 0.340 e. The highest BCUT2D eigenvalue weighted by atomic mass is 79.9. The summed E-state index contributed by atoms with van der Waals surface area (Å²) in [7, 11) is 0. The molecule has 2 rings (SSSR count). The first-order valence-corrected chi connectivity index (χ1v) is 7.11. The fourth-order valence-electron chi connectivity index (χ4n) is 1.53. The third-order valence-corrected chi connectivity index (χ3v) is 3.54. The number of rotatable bonds is 3. The lowest BCUT2D eigenvalue weighted by Crippen LogP contribution is -2.08. The van der Waals surface area contributed by atoms with Crippen LogP contribution in [0.4, 0.5) is 5.69 Å². The van der Waals surface area contributed by atoms with Gasteiger partial charge in [-0.2, -0.15) is 0 Å². The van der Waals surface area contributed by atoms with Gasteiger partial charge in [-0.25, -0.2) is 4.79 Å². The van der Waals surface area contributed by atoms with Crippen LogP contribution in [0.2, 0.25) is 0 Å². The van der Waals surface area contributed by atoms with Crippen molar-refractivity contribution in [3.8, 4) is 0 Å². The second-order valence-corrected chi connectivity index (χ2v) is 5.77. The fourth-order valence-corrected chi connectivity index (χ4v) is 2.17. The quantitative estimate of drug-likeness (QED) is 0.638. The van der Waals surface area contributed by atoms with Gasteiger partial charge in [-0.3, -0.25) is 0 Å². The van der Waals surface area contributed by atoms with E-state index in [1.165, 1.54) is 0 Å². The SMILES string of the molecule is Nc1cc(Br)ccc1C(=O)OCc1ccc(Br)cc1. The zero-order chi connectivity index (χ0) is 13.8. The molecule has 0 bridgehead atoms. The number of anilines is 1. The van der Waals surface area contributed by atoms with Crippen LogP contribution >= 0.6 is 31.9 Å². The minimum atomic E-state index is -0.423. The molecule has 0 amide bonds. The summed E-state index contributed by atoms with van der Waals surface area (Å²) >= 11 is 6.64. The molecule has 2 aromatic carbocycles. The lowest BCUT2D eigenvalue weighted by molar-refractivity contribution is 0.0474. The van der Waals surface area contributed by atoms with Gasteiger partial charge in [-0.05, 0) is 35.9 Å². The van der Waals surface area contributed by atoms with E-state index in [9.17, 15) is 4.79 Å². The summed E-state index contributed by atoms with van der Waals surface area (Å²) in [5.74, 6) is -0.423. The van der Waals surface area contributed by atoms with Crippen LogP contribution in [-0.2, 0) is 11.3 Å². The number of nitrogens with two attached hydrogens (primary N) is 1. The Morgan fingerprint density at radius 3 is 2.32 bits per heavy atom. The van der Waals surface area contributed by atoms with Gasteiger partial charge >= 0.3 is 5.97 Å². The van der Waals surface area contributed by atoms with Crippen molar-refractivity contribution in [2.45, 2.75) is 6.61 Å². The van der Waals surface area contributed by atoms with Gasteiger partial charge in [0.2, 0.25) is 0 Å². The average Bonchev–Trinajstić information content (AvgIpc) is 2.37. The Bertz CT molecular complexity index is 597. The first-order valence-electron chi connectivity index (χ1n) is 5.53. The lowest BCUT2D eigenvalue weighted by atomic mass is 10.2. The molecule has 0 aliphatic carbocycles. The van der Waals surface area contributed by atoms with Gasteiger partial charge in [0.1, 0.15) is 6.61 Å². The molecule has 2 N–H and O–H groups in total. The number of carbonyl (C=O) groups excluding carboxylic acids is 1. The number of hydrogen-bond acceptors (Lipinski definition) is 3. The van der Waals surface area contributed by atoms with Crippen molar-refractivity contribution in [1.29, 1.82) is 0 Å². The van der Waals surface area contributed by atoms with E-state index in [-0.39, 0.29) is 6.61 Å². The topological polar surface area (TPSA) is 52.3 Å². The zero-order valence-corrected chi connectivity index (χ0v) is 13.1. The predicted octanol–water partition coefficient (Wildman–Crippen LogP) is 4.15. The van der Waals surface area contributed by atoms with Crippen LogP contribution in [-0.4, -0.2) is 5.97 Å². The van der Waals surface area contributed by atoms with Gasteiger partial charge in [0.05, 0.1) is 5.56 Å². The number of nitrogen functional groups attached to an aromatic ring is 1. The van der Waals surface area contributed by atoms with Crippen LogP contribution in [0, 0.1) is 0 Å². The monoisotopic (exact) mass is 383 g/mol. The van der Waals surface area contributed by atoms with Crippen molar-refractivity contribution in [3.05, 3.63) is 62.5 Å². The van der Waals surface area contributed by atoms with Crippen molar-refractivity contribution in [2.75, 3.05) is 5.73 Å². The van der Waals surface area contributed by atoms with Gasteiger partial charge < -0.3 is 10.5 Å². The van der Waals surface area contributed by atoms with E-state index >= 15 is 0 Å². The van der Waals surface area contributed by atoms with Crippen molar-refractivity contribution in [3.63, 3.8) is 0 Å². The van der Waals surface area contributed by atoms with Crippen LogP contribution in [0.5, 0.6) is 0 Å². The van der Waals surface area contributed by atoms with Gasteiger partial charge in [0.15, 0.2) is 0 Å². The largest absolute Gasteiger partial charge is 0.457 e. The number of carbonyl (C=O) groups is 1. The molecule has 98 valence electrons. The summed E-state index contributed by atoms with van der Waals surface area (Å²) in [6.45, 7) is 0.224. The van der Waals surface area contributed by atoms with E-state index in [1.807, 2.05) is 24.3 Å². The van der Waals surface area contributed by atoms with Gasteiger partial charge in [0.25, 0.3) is 0 Å². The second-order valence-electron chi connectivity index (χ2n) is 3.93. The average molecular weight is 385 g/mol. The van der Waals surface area contributed by atoms with Crippen molar-refractivity contribution in [2.24, 2.45) is 0 Å². The molecule has 0 saturated carbocycles. The summed E-state index contributed by atoms with van der Waals surface area (Å²) in [6.07, 6.45) is 0. The van der Waals surface area contributed by atoms with Crippen molar-refractivity contribution < 1.29 is 9.53 Å². The molecule has 5 heteroatoms. The zero-order valence-electron chi connectivity index (χ0n) is 9.90. The Morgan fingerprint density at radius 1 is 1.05 bits per heavy atom. The summed E-state index contributed by atoms with van der Waals surface area (Å²) in [6, 6.07) is 12.7.